The van der Waals surface area contributed by atoms with Gasteiger partial charge in [0.1, 0.15) is 6.54 Å². The lowest BCUT2D eigenvalue weighted by molar-refractivity contribution is -0.121. The fourth-order valence-electron chi connectivity index (χ4n) is 1.97. The Morgan fingerprint density at radius 2 is 1.84 bits per heavy atom. The summed E-state index contributed by atoms with van der Waals surface area (Å²) in [5.41, 5.74) is 5.74. The van der Waals surface area contributed by atoms with Crippen LogP contribution in [0, 0.1) is 5.92 Å². The topological polar surface area (TPSA) is 84.2 Å². The average Bonchev–Trinajstić information content (AvgIpc) is 2.24. The van der Waals surface area contributed by atoms with Gasteiger partial charge in [0.25, 0.3) is 10.2 Å². The average molecular weight is 326 g/mol. The lowest BCUT2D eigenvalue weighted by atomic mass is 9.86. The highest BCUT2D eigenvalue weighted by atomic mass is 35.5. The molecule has 4 N–H and O–H groups in total. The van der Waals surface area contributed by atoms with E-state index in [0.717, 1.165) is 19.3 Å². The molecule has 1 aliphatic rings. The molecule has 1 rings (SSSR count). The minimum atomic E-state index is -4.55. The van der Waals surface area contributed by atoms with Crippen molar-refractivity contribution in [2.45, 2.75) is 37.9 Å². The number of alkyl halides is 3. The summed E-state index contributed by atoms with van der Waals surface area (Å²) in [6.45, 7) is -1.44. The molecule has 0 bridgehead atoms. The van der Waals surface area contributed by atoms with Gasteiger partial charge in [0.15, 0.2) is 0 Å². The van der Waals surface area contributed by atoms with E-state index in [4.69, 9.17) is 5.73 Å². The van der Waals surface area contributed by atoms with Crippen molar-refractivity contribution in [3.05, 3.63) is 0 Å². The minimum absolute atomic E-state index is 0. The van der Waals surface area contributed by atoms with Gasteiger partial charge in [-0.3, -0.25) is 0 Å². The van der Waals surface area contributed by atoms with Crippen LogP contribution in [0.25, 0.3) is 0 Å². The zero-order chi connectivity index (χ0) is 13.8. The third-order valence-corrected chi connectivity index (χ3v) is 3.92. The molecule has 0 spiro atoms. The zero-order valence-corrected chi connectivity index (χ0v) is 11.9. The van der Waals surface area contributed by atoms with Gasteiger partial charge >= 0.3 is 6.18 Å². The molecule has 0 aromatic heterocycles. The number of hydrogen-bond acceptors (Lipinski definition) is 3. The molecule has 10 heteroatoms. The predicted octanol–water partition coefficient (Wildman–Crippen LogP) is 0.912. The molecule has 1 aliphatic carbocycles. The van der Waals surface area contributed by atoms with Crippen molar-refractivity contribution in [3.63, 3.8) is 0 Å². The van der Waals surface area contributed by atoms with E-state index in [1.165, 1.54) is 4.72 Å². The van der Waals surface area contributed by atoms with Crippen LogP contribution in [-0.2, 0) is 10.2 Å². The van der Waals surface area contributed by atoms with Crippen LogP contribution in [0.2, 0.25) is 0 Å². The van der Waals surface area contributed by atoms with E-state index in [-0.39, 0.29) is 30.9 Å². The number of nitrogens with one attached hydrogen (secondary N) is 2. The Kier molecular flexibility index (Phi) is 7.59. The second-order valence-corrected chi connectivity index (χ2v) is 6.17. The Labute approximate surface area is 117 Å². The monoisotopic (exact) mass is 325 g/mol. The number of rotatable bonds is 5. The molecule has 0 aliphatic heterocycles. The Morgan fingerprint density at radius 1 is 1.21 bits per heavy atom. The summed E-state index contributed by atoms with van der Waals surface area (Å²) < 4.78 is 61.7. The van der Waals surface area contributed by atoms with Gasteiger partial charge < -0.3 is 5.73 Å². The van der Waals surface area contributed by atoms with E-state index >= 15 is 0 Å². The molecular formula is C9H19ClF3N3O2S. The number of nitrogens with two attached hydrogens (primary N) is 1. The predicted molar refractivity (Wildman–Crippen MR) is 68.2 cm³/mol. The fraction of sp³-hybridized carbons (Fsp3) is 1.00. The Bertz CT molecular complexity index is 364. The maximum absolute atomic E-state index is 11.9. The van der Waals surface area contributed by atoms with E-state index < -0.39 is 22.9 Å². The molecule has 0 saturated heterocycles. The fourth-order valence-corrected chi connectivity index (χ4v) is 2.88. The lowest BCUT2D eigenvalue weighted by Crippen LogP contribution is -2.44. The van der Waals surface area contributed by atoms with Crippen molar-refractivity contribution >= 4 is 22.6 Å². The third kappa shape index (κ3) is 8.64. The highest BCUT2D eigenvalue weighted by Gasteiger charge is 2.29. The molecule has 0 amide bonds. The van der Waals surface area contributed by atoms with Crippen LogP contribution in [0.5, 0.6) is 0 Å². The van der Waals surface area contributed by atoms with E-state index in [0.29, 0.717) is 6.42 Å². The zero-order valence-electron chi connectivity index (χ0n) is 10.2. The van der Waals surface area contributed by atoms with Gasteiger partial charge in [-0.15, -0.1) is 12.4 Å². The van der Waals surface area contributed by atoms with Crippen LogP contribution in [0.15, 0.2) is 0 Å². The molecule has 116 valence electrons. The van der Waals surface area contributed by atoms with E-state index in [9.17, 15) is 21.6 Å². The van der Waals surface area contributed by atoms with E-state index in [1.807, 2.05) is 0 Å². The molecular weight excluding hydrogens is 307 g/mol. The molecule has 2 unspecified atom stereocenters. The number of hydrogen-bond donors (Lipinski definition) is 3. The smallest absolute Gasteiger partial charge is 0.328 e. The summed E-state index contributed by atoms with van der Waals surface area (Å²) in [5, 5.41) is 0. The van der Waals surface area contributed by atoms with E-state index in [1.54, 1.807) is 0 Å². The summed E-state index contributed by atoms with van der Waals surface area (Å²) >= 11 is 0. The van der Waals surface area contributed by atoms with Gasteiger partial charge in [-0.25, -0.2) is 4.72 Å². The molecule has 1 saturated carbocycles. The summed E-state index contributed by atoms with van der Waals surface area (Å²) in [4.78, 5) is 0. The summed E-state index contributed by atoms with van der Waals surface area (Å²) in [6.07, 6.45) is -1.18. The largest absolute Gasteiger partial charge is 0.402 e. The van der Waals surface area contributed by atoms with Crippen LogP contribution in [0.4, 0.5) is 13.2 Å². The van der Waals surface area contributed by atoms with Gasteiger partial charge in [0.2, 0.25) is 0 Å². The molecule has 0 heterocycles. The van der Waals surface area contributed by atoms with E-state index in [2.05, 4.69) is 4.72 Å². The lowest BCUT2D eigenvalue weighted by Gasteiger charge is -2.26. The van der Waals surface area contributed by atoms with Gasteiger partial charge in [0.05, 0.1) is 0 Å². The van der Waals surface area contributed by atoms with Crippen molar-refractivity contribution in [2.75, 3.05) is 13.1 Å². The minimum Gasteiger partial charge on any atom is -0.328 e. The summed E-state index contributed by atoms with van der Waals surface area (Å²) in [6, 6.07) is 0.0522. The molecule has 2 atom stereocenters. The Hall–Kier alpha value is -0.0900. The van der Waals surface area contributed by atoms with Crippen LogP contribution in [0.3, 0.4) is 0 Å². The van der Waals surface area contributed by atoms with Crippen molar-refractivity contribution in [3.8, 4) is 0 Å². The maximum Gasteiger partial charge on any atom is 0.402 e. The first kappa shape index (κ1) is 18.9. The van der Waals surface area contributed by atoms with Crippen LogP contribution in [0.1, 0.15) is 25.7 Å². The van der Waals surface area contributed by atoms with Gasteiger partial charge in [-0.1, -0.05) is 6.42 Å². The van der Waals surface area contributed by atoms with Gasteiger partial charge in [-0.05, 0) is 25.2 Å². The second-order valence-electron chi connectivity index (χ2n) is 4.58. The molecule has 19 heavy (non-hydrogen) atoms. The van der Waals surface area contributed by atoms with Crippen molar-refractivity contribution < 1.29 is 21.6 Å². The Balaban J connectivity index is 0.00000324. The third-order valence-electron chi connectivity index (χ3n) is 2.85. The summed E-state index contributed by atoms with van der Waals surface area (Å²) in [7, 11) is -4.09. The molecule has 0 radical (unpaired) electrons. The molecule has 0 aromatic rings. The first-order valence-corrected chi connectivity index (χ1v) is 7.23. The normalized spacial score (nSPS) is 24.8. The van der Waals surface area contributed by atoms with Gasteiger partial charge in [0, 0.05) is 12.6 Å². The van der Waals surface area contributed by atoms with Crippen LogP contribution in [-0.4, -0.2) is 33.7 Å². The van der Waals surface area contributed by atoms with Crippen LogP contribution < -0.4 is 15.2 Å². The quantitative estimate of drug-likeness (QED) is 0.702. The van der Waals surface area contributed by atoms with Crippen molar-refractivity contribution in [1.29, 1.82) is 0 Å². The summed E-state index contributed by atoms with van der Waals surface area (Å²) in [5.74, 6) is 0.0937. The standard InChI is InChI=1S/C9H18F3N3O2S.ClH/c10-9(11,12)6-15-18(16,17)14-5-7-2-1-3-8(13)4-7;/h7-8,14-15H,1-6,13H2;1H. The van der Waals surface area contributed by atoms with Crippen molar-refractivity contribution in [1.82, 2.24) is 9.44 Å². The SMILES string of the molecule is Cl.NC1CCCC(CNS(=O)(=O)NCC(F)(F)F)C1. The highest BCUT2D eigenvalue weighted by molar-refractivity contribution is 7.87. The molecule has 1 fully saturated rings. The highest BCUT2D eigenvalue weighted by Crippen LogP contribution is 2.22. The molecule has 5 nitrogen and oxygen atoms in total. The van der Waals surface area contributed by atoms with Crippen molar-refractivity contribution in [2.24, 2.45) is 11.7 Å². The van der Waals surface area contributed by atoms with Gasteiger partial charge in [-0.2, -0.15) is 26.3 Å². The maximum atomic E-state index is 11.9. The molecule has 0 aromatic carbocycles. The first-order valence-electron chi connectivity index (χ1n) is 5.74. The number of halogens is 4. The van der Waals surface area contributed by atoms with Crippen LogP contribution >= 0.6 is 12.4 Å². The first-order chi connectivity index (χ1) is 8.18. The second kappa shape index (κ2) is 7.63. The Morgan fingerprint density at radius 3 is 2.37 bits per heavy atom.